The van der Waals surface area contributed by atoms with Crippen LogP contribution in [0.4, 0.5) is 17.1 Å². The molecule has 0 radical (unpaired) electrons. The molecular formula is C22H28N4O4. The SMILES string of the molecule is COc1cc(NC(=O)CN2CCN(c3cccc(C)c3C)CC2)c(C)cc1[N+](=O)[O-]. The summed E-state index contributed by atoms with van der Waals surface area (Å²) in [6, 6.07) is 9.27. The number of aryl methyl sites for hydroxylation is 2. The molecule has 1 saturated heterocycles. The zero-order chi connectivity index (χ0) is 21.8. The van der Waals surface area contributed by atoms with E-state index in [9.17, 15) is 14.9 Å². The molecule has 0 aliphatic carbocycles. The number of anilines is 2. The number of rotatable bonds is 6. The van der Waals surface area contributed by atoms with E-state index in [1.165, 1.54) is 36.1 Å². The molecule has 1 aliphatic heterocycles. The van der Waals surface area contributed by atoms with Crippen molar-refractivity contribution < 1.29 is 14.5 Å². The third-order valence-corrected chi connectivity index (χ3v) is 5.65. The average molecular weight is 412 g/mol. The van der Waals surface area contributed by atoms with Gasteiger partial charge in [-0.25, -0.2) is 0 Å². The predicted molar refractivity (Wildman–Crippen MR) is 118 cm³/mol. The van der Waals surface area contributed by atoms with E-state index in [4.69, 9.17) is 4.74 Å². The van der Waals surface area contributed by atoms with Crippen LogP contribution in [0.5, 0.6) is 5.75 Å². The maximum Gasteiger partial charge on any atom is 0.311 e. The normalized spacial score (nSPS) is 14.5. The standard InChI is InChI=1S/C22H28N4O4/c1-15-6-5-7-19(17(15)3)25-10-8-24(9-11-25)14-22(27)23-18-13-21(30-4)20(26(28)29)12-16(18)2/h5-7,12-13H,8-11,14H2,1-4H3,(H,23,27). The van der Waals surface area contributed by atoms with Crippen molar-refractivity contribution >= 4 is 23.0 Å². The lowest BCUT2D eigenvalue weighted by molar-refractivity contribution is -0.385. The molecule has 1 amide bonds. The molecule has 0 bridgehead atoms. The Kier molecular flexibility index (Phi) is 6.56. The van der Waals surface area contributed by atoms with Gasteiger partial charge in [-0.1, -0.05) is 12.1 Å². The molecule has 1 aliphatic rings. The number of nitro benzene ring substituents is 1. The maximum absolute atomic E-state index is 12.6. The van der Waals surface area contributed by atoms with Crippen molar-refractivity contribution in [2.45, 2.75) is 20.8 Å². The van der Waals surface area contributed by atoms with Gasteiger partial charge in [-0.2, -0.15) is 0 Å². The number of nitro groups is 1. The summed E-state index contributed by atoms with van der Waals surface area (Å²) in [5.74, 6) is -0.0165. The van der Waals surface area contributed by atoms with E-state index < -0.39 is 4.92 Å². The Balaban J connectivity index is 1.59. The number of hydrogen-bond donors (Lipinski definition) is 1. The highest BCUT2D eigenvalue weighted by molar-refractivity contribution is 5.93. The molecule has 8 nitrogen and oxygen atoms in total. The minimum Gasteiger partial charge on any atom is -0.490 e. The van der Waals surface area contributed by atoms with Crippen LogP contribution in [-0.2, 0) is 4.79 Å². The number of ether oxygens (including phenoxy) is 1. The molecule has 1 N–H and O–H groups in total. The lowest BCUT2D eigenvalue weighted by atomic mass is 10.1. The molecule has 0 aromatic heterocycles. The average Bonchev–Trinajstić information content (AvgIpc) is 2.72. The van der Waals surface area contributed by atoms with Gasteiger partial charge in [0.05, 0.1) is 18.6 Å². The molecule has 8 heteroatoms. The Morgan fingerprint density at radius 3 is 2.47 bits per heavy atom. The highest BCUT2D eigenvalue weighted by atomic mass is 16.6. The van der Waals surface area contributed by atoms with Crippen molar-refractivity contribution in [3.8, 4) is 5.75 Å². The first kappa shape index (κ1) is 21.6. The highest BCUT2D eigenvalue weighted by Crippen LogP contribution is 2.32. The summed E-state index contributed by atoms with van der Waals surface area (Å²) >= 11 is 0. The van der Waals surface area contributed by atoms with Gasteiger partial charge in [-0.05, 0) is 43.5 Å². The summed E-state index contributed by atoms with van der Waals surface area (Å²) in [7, 11) is 1.37. The van der Waals surface area contributed by atoms with Crippen LogP contribution in [0, 0.1) is 30.9 Å². The van der Waals surface area contributed by atoms with Crippen molar-refractivity contribution in [1.29, 1.82) is 0 Å². The lowest BCUT2D eigenvalue weighted by Gasteiger charge is -2.36. The number of amides is 1. The minimum absolute atomic E-state index is 0.115. The predicted octanol–water partition coefficient (Wildman–Crippen LogP) is 3.29. The summed E-state index contributed by atoms with van der Waals surface area (Å²) in [6.45, 7) is 9.58. The van der Waals surface area contributed by atoms with Crippen LogP contribution in [0.15, 0.2) is 30.3 Å². The highest BCUT2D eigenvalue weighted by Gasteiger charge is 2.22. The second kappa shape index (κ2) is 9.13. The zero-order valence-corrected chi connectivity index (χ0v) is 17.9. The monoisotopic (exact) mass is 412 g/mol. The summed E-state index contributed by atoms with van der Waals surface area (Å²) < 4.78 is 5.10. The van der Waals surface area contributed by atoms with E-state index in [0.717, 1.165) is 26.2 Å². The molecule has 160 valence electrons. The first-order valence-electron chi connectivity index (χ1n) is 9.96. The van der Waals surface area contributed by atoms with E-state index in [1.54, 1.807) is 6.92 Å². The van der Waals surface area contributed by atoms with E-state index in [1.807, 2.05) is 0 Å². The van der Waals surface area contributed by atoms with Crippen LogP contribution in [0.25, 0.3) is 0 Å². The molecule has 3 rings (SSSR count). The number of nitrogens with one attached hydrogen (secondary N) is 1. The van der Waals surface area contributed by atoms with Gasteiger partial charge in [0.15, 0.2) is 5.75 Å². The van der Waals surface area contributed by atoms with Crippen LogP contribution in [0.3, 0.4) is 0 Å². The van der Waals surface area contributed by atoms with Gasteiger partial charge in [0.2, 0.25) is 5.91 Å². The molecule has 0 saturated carbocycles. The van der Waals surface area contributed by atoms with E-state index in [-0.39, 0.29) is 23.9 Å². The van der Waals surface area contributed by atoms with Crippen molar-refractivity contribution in [3.05, 3.63) is 57.1 Å². The van der Waals surface area contributed by atoms with Gasteiger partial charge in [0.1, 0.15) is 0 Å². The van der Waals surface area contributed by atoms with Crippen LogP contribution in [0.1, 0.15) is 16.7 Å². The Bertz CT molecular complexity index is 952. The third-order valence-electron chi connectivity index (χ3n) is 5.65. The Labute approximate surface area is 176 Å². The topological polar surface area (TPSA) is 88.0 Å². The zero-order valence-electron chi connectivity index (χ0n) is 17.9. The molecular weight excluding hydrogens is 384 g/mol. The van der Waals surface area contributed by atoms with Crippen LogP contribution in [-0.4, -0.2) is 55.6 Å². The molecule has 1 heterocycles. The van der Waals surface area contributed by atoms with Crippen molar-refractivity contribution in [3.63, 3.8) is 0 Å². The smallest absolute Gasteiger partial charge is 0.311 e. The van der Waals surface area contributed by atoms with E-state index >= 15 is 0 Å². The van der Waals surface area contributed by atoms with Crippen LogP contribution in [0.2, 0.25) is 0 Å². The second-order valence-electron chi connectivity index (χ2n) is 7.63. The molecule has 0 atom stereocenters. The molecule has 1 fully saturated rings. The van der Waals surface area contributed by atoms with Gasteiger partial charge in [0, 0.05) is 49.7 Å². The van der Waals surface area contributed by atoms with Gasteiger partial charge >= 0.3 is 5.69 Å². The first-order chi connectivity index (χ1) is 14.3. The fourth-order valence-electron chi connectivity index (χ4n) is 3.73. The summed E-state index contributed by atoms with van der Waals surface area (Å²) in [5, 5.41) is 14.0. The Morgan fingerprint density at radius 1 is 1.13 bits per heavy atom. The lowest BCUT2D eigenvalue weighted by Crippen LogP contribution is -2.48. The van der Waals surface area contributed by atoms with Crippen molar-refractivity contribution in [2.75, 3.05) is 50.1 Å². The largest absolute Gasteiger partial charge is 0.490 e. The quantitative estimate of drug-likeness (QED) is 0.579. The summed E-state index contributed by atoms with van der Waals surface area (Å²) in [6.07, 6.45) is 0. The number of hydrogen-bond acceptors (Lipinski definition) is 6. The van der Waals surface area contributed by atoms with Crippen LogP contribution < -0.4 is 15.0 Å². The van der Waals surface area contributed by atoms with Gasteiger partial charge in [0.25, 0.3) is 0 Å². The summed E-state index contributed by atoms with van der Waals surface area (Å²) in [4.78, 5) is 27.7. The third kappa shape index (κ3) is 4.71. The maximum atomic E-state index is 12.6. The van der Waals surface area contributed by atoms with Crippen molar-refractivity contribution in [2.24, 2.45) is 0 Å². The fourth-order valence-corrected chi connectivity index (χ4v) is 3.73. The molecule has 2 aromatic carbocycles. The number of carbonyl (C=O) groups is 1. The first-order valence-corrected chi connectivity index (χ1v) is 9.96. The van der Waals surface area contributed by atoms with Gasteiger partial charge < -0.3 is 15.0 Å². The number of carbonyl (C=O) groups excluding carboxylic acids is 1. The van der Waals surface area contributed by atoms with E-state index in [0.29, 0.717) is 11.3 Å². The Hall–Kier alpha value is -3.13. The van der Waals surface area contributed by atoms with Crippen molar-refractivity contribution in [1.82, 2.24) is 4.90 Å². The number of piperazine rings is 1. The molecule has 30 heavy (non-hydrogen) atoms. The molecule has 0 spiro atoms. The molecule has 0 unspecified atom stereocenters. The number of benzene rings is 2. The molecule has 2 aromatic rings. The van der Waals surface area contributed by atoms with E-state index in [2.05, 4.69) is 47.2 Å². The number of methoxy groups -OCH3 is 1. The number of nitrogens with zero attached hydrogens (tertiary/aromatic N) is 3. The summed E-state index contributed by atoms with van der Waals surface area (Å²) in [5.41, 5.74) is 4.87. The fraction of sp³-hybridized carbons (Fsp3) is 0.409. The van der Waals surface area contributed by atoms with Gasteiger partial charge in [-0.3, -0.25) is 19.8 Å². The van der Waals surface area contributed by atoms with Gasteiger partial charge in [-0.15, -0.1) is 0 Å². The van der Waals surface area contributed by atoms with Crippen LogP contribution >= 0.6 is 0 Å². The second-order valence-corrected chi connectivity index (χ2v) is 7.63. The minimum atomic E-state index is -0.493. The Morgan fingerprint density at radius 2 is 1.83 bits per heavy atom.